The van der Waals surface area contributed by atoms with E-state index in [0.29, 0.717) is 35.8 Å². The smallest absolute Gasteiger partial charge is 0.265 e. The molecule has 2 aromatic heterocycles. The van der Waals surface area contributed by atoms with E-state index >= 15 is 0 Å². The average Bonchev–Trinajstić information content (AvgIpc) is 3.37. The van der Waals surface area contributed by atoms with Gasteiger partial charge in [-0.05, 0) is 62.7 Å². The molecule has 1 N–H and O–H groups in total. The van der Waals surface area contributed by atoms with E-state index in [9.17, 15) is 14.0 Å². The highest BCUT2D eigenvalue weighted by Gasteiger charge is 2.18. The second kappa shape index (κ2) is 9.54. The topological polar surface area (TPSA) is 67.2 Å². The van der Waals surface area contributed by atoms with Gasteiger partial charge in [-0.15, -0.1) is 11.3 Å². The van der Waals surface area contributed by atoms with Crippen LogP contribution in [0.15, 0.2) is 54.6 Å². The first-order valence-corrected chi connectivity index (χ1v) is 11.6. The zero-order valence-corrected chi connectivity index (χ0v) is 19.6. The Kier molecular flexibility index (Phi) is 6.55. The van der Waals surface area contributed by atoms with Gasteiger partial charge >= 0.3 is 0 Å². The van der Waals surface area contributed by atoms with E-state index in [1.54, 1.807) is 41.3 Å². The Bertz CT molecular complexity index is 1310. The number of carbonyl (C=O) groups excluding carboxylic acids is 2. The maximum absolute atomic E-state index is 13.2. The molecule has 6 nitrogen and oxygen atoms in total. The molecule has 0 aliphatic carbocycles. The molecule has 0 unspecified atom stereocenters. The van der Waals surface area contributed by atoms with Crippen molar-refractivity contribution in [1.29, 1.82) is 0 Å². The van der Waals surface area contributed by atoms with Gasteiger partial charge in [0, 0.05) is 29.7 Å². The van der Waals surface area contributed by atoms with E-state index in [0.717, 1.165) is 21.5 Å². The van der Waals surface area contributed by atoms with Crippen LogP contribution in [0.25, 0.3) is 10.2 Å². The normalized spacial score (nSPS) is 11.0. The predicted molar refractivity (Wildman–Crippen MR) is 129 cm³/mol. The number of amides is 2. The van der Waals surface area contributed by atoms with Gasteiger partial charge in [-0.25, -0.2) is 4.39 Å². The Morgan fingerprint density at radius 3 is 2.52 bits per heavy atom. The number of aryl methyl sites for hydroxylation is 1. The Morgan fingerprint density at radius 1 is 1.09 bits per heavy atom. The van der Waals surface area contributed by atoms with Gasteiger partial charge in [0.05, 0.1) is 17.1 Å². The minimum atomic E-state index is -0.279. The Hall–Kier alpha value is -3.52. The summed E-state index contributed by atoms with van der Waals surface area (Å²) in [6.07, 6.45) is 0. The molecule has 4 aromatic rings. The lowest BCUT2D eigenvalue weighted by molar-refractivity contribution is 0.0772. The summed E-state index contributed by atoms with van der Waals surface area (Å²) in [5.41, 5.74) is 2.86. The Labute approximate surface area is 195 Å². The van der Waals surface area contributed by atoms with Crippen molar-refractivity contribution in [3.8, 4) is 0 Å². The molecular formula is C25H25FN4O2S. The summed E-state index contributed by atoms with van der Waals surface area (Å²) in [5, 5.41) is 8.39. The molecule has 0 saturated carbocycles. The number of hydrogen-bond donors (Lipinski definition) is 1. The fourth-order valence-electron chi connectivity index (χ4n) is 3.71. The summed E-state index contributed by atoms with van der Waals surface area (Å²) in [6, 6.07) is 15.1. The number of anilines is 1. The molecular weight excluding hydrogens is 439 g/mol. The number of benzene rings is 2. The van der Waals surface area contributed by atoms with E-state index in [2.05, 4.69) is 10.4 Å². The van der Waals surface area contributed by atoms with Gasteiger partial charge in [0.15, 0.2) is 0 Å². The van der Waals surface area contributed by atoms with Gasteiger partial charge in [0.25, 0.3) is 11.8 Å². The van der Waals surface area contributed by atoms with Crippen molar-refractivity contribution in [3.05, 3.63) is 82.1 Å². The number of halogens is 1. The maximum atomic E-state index is 13.2. The van der Waals surface area contributed by atoms with Gasteiger partial charge in [0.1, 0.15) is 10.6 Å². The van der Waals surface area contributed by atoms with Crippen LogP contribution in [-0.2, 0) is 6.54 Å². The summed E-state index contributed by atoms with van der Waals surface area (Å²) < 4.78 is 15.0. The highest BCUT2D eigenvalue weighted by Crippen LogP contribution is 2.29. The summed E-state index contributed by atoms with van der Waals surface area (Å²) in [6.45, 7) is 7.52. The molecule has 0 atom stereocenters. The van der Waals surface area contributed by atoms with E-state index < -0.39 is 0 Å². The molecule has 2 heterocycles. The van der Waals surface area contributed by atoms with E-state index in [-0.39, 0.29) is 17.6 Å². The molecule has 8 heteroatoms. The second-order valence-corrected chi connectivity index (χ2v) is 8.74. The van der Waals surface area contributed by atoms with Crippen molar-refractivity contribution in [2.75, 3.05) is 18.4 Å². The highest BCUT2D eigenvalue weighted by molar-refractivity contribution is 7.20. The molecule has 0 aliphatic heterocycles. The molecule has 170 valence electrons. The van der Waals surface area contributed by atoms with Crippen molar-refractivity contribution >= 4 is 39.1 Å². The standard InChI is InChI=1S/C25H25FN4O2S/c1-4-29(5-2)24(32)18-7-6-8-20(13-18)27-23(31)22-14-21-16(3)28-30(25(21)33-22)15-17-9-11-19(26)12-10-17/h6-14H,4-5,15H2,1-3H3,(H,27,31). The molecule has 33 heavy (non-hydrogen) atoms. The molecule has 2 amide bonds. The summed E-state index contributed by atoms with van der Waals surface area (Å²) in [7, 11) is 0. The lowest BCUT2D eigenvalue weighted by Crippen LogP contribution is -2.30. The number of carbonyl (C=O) groups is 2. The van der Waals surface area contributed by atoms with Gasteiger partial charge in [-0.2, -0.15) is 5.10 Å². The van der Waals surface area contributed by atoms with Crippen molar-refractivity contribution in [2.24, 2.45) is 0 Å². The summed E-state index contributed by atoms with van der Waals surface area (Å²) in [5.74, 6) is -0.579. The van der Waals surface area contributed by atoms with Crippen LogP contribution in [0.5, 0.6) is 0 Å². The Balaban J connectivity index is 1.55. The maximum Gasteiger partial charge on any atom is 0.265 e. The highest BCUT2D eigenvalue weighted by atomic mass is 32.1. The first-order valence-electron chi connectivity index (χ1n) is 10.8. The van der Waals surface area contributed by atoms with Crippen molar-refractivity contribution in [2.45, 2.75) is 27.3 Å². The third-order valence-corrected chi connectivity index (χ3v) is 6.64. The third-order valence-electron chi connectivity index (χ3n) is 5.49. The van der Waals surface area contributed by atoms with Gasteiger partial charge in [0.2, 0.25) is 0 Å². The van der Waals surface area contributed by atoms with Gasteiger partial charge in [-0.3, -0.25) is 14.3 Å². The molecule has 0 aliphatic rings. The third kappa shape index (κ3) is 4.80. The van der Waals surface area contributed by atoms with Crippen LogP contribution in [0.1, 0.15) is 45.1 Å². The van der Waals surface area contributed by atoms with Gasteiger partial charge in [-0.1, -0.05) is 18.2 Å². The monoisotopic (exact) mass is 464 g/mol. The van der Waals surface area contributed by atoms with Crippen LogP contribution >= 0.6 is 11.3 Å². The minimum Gasteiger partial charge on any atom is -0.339 e. The fraction of sp³-hybridized carbons (Fsp3) is 0.240. The van der Waals surface area contributed by atoms with Gasteiger partial charge < -0.3 is 10.2 Å². The largest absolute Gasteiger partial charge is 0.339 e. The molecule has 0 bridgehead atoms. The predicted octanol–water partition coefficient (Wildman–Crippen LogP) is 5.33. The van der Waals surface area contributed by atoms with Crippen LogP contribution in [0.3, 0.4) is 0 Å². The molecule has 0 saturated heterocycles. The minimum absolute atomic E-state index is 0.0607. The lowest BCUT2D eigenvalue weighted by atomic mass is 10.1. The molecule has 2 aromatic carbocycles. The van der Waals surface area contributed by atoms with Crippen LogP contribution in [0.4, 0.5) is 10.1 Å². The van der Waals surface area contributed by atoms with Crippen molar-refractivity contribution in [1.82, 2.24) is 14.7 Å². The van der Waals surface area contributed by atoms with E-state index in [1.165, 1.54) is 23.5 Å². The second-order valence-electron chi connectivity index (χ2n) is 7.71. The average molecular weight is 465 g/mol. The quantitative estimate of drug-likeness (QED) is 0.402. The zero-order chi connectivity index (χ0) is 23.5. The van der Waals surface area contributed by atoms with E-state index in [1.807, 2.05) is 31.5 Å². The van der Waals surface area contributed by atoms with Crippen LogP contribution in [0, 0.1) is 12.7 Å². The number of rotatable bonds is 7. The first-order chi connectivity index (χ1) is 15.9. The summed E-state index contributed by atoms with van der Waals surface area (Å²) >= 11 is 1.36. The Morgan fingerprint density at radius 2 is 1.82 bits per heavy atom. The number of fused-ring (bicyclic) bond motifs is 1. The van der Waals surface area contributed by atoms with Crippen LogP contribution in [0.2, 0.25) is 0 Å². The van der Waals surface area contributed by atoms with Crippen LogP contribution < -0.4 is 5.32 Å². The number of nitrogens with zero attached hydrogens (tertiary/aromatic N) is 3. The number of aromatic nitrogens is 2. The molecule has 0 radical (unpaired) electrons. The molecule has 0 spiro atoms. The first kappa shape index (κ1) is 22.7. The number of hydrogen-bond acceptors (Lipinski definition) is 4. The van der Waals surface area contributed by atoms with E-state index in [4.69, 9.17) is 0 Å². The zero-order valence-electron chi connectivity index (χ0n) is 18.8. The fourth-order valence-corrected chi connectivity index (χ4v) is 4.77. The molecule has 4 rings (SSSR count). The SMILES string of the molecule is CCN(CC)C(=O)c1cccc(NC(=O)c2cc3c(C)nn(Cc4ccc(F)cc4)c3s2)c1. The lowest BCUT2D eigenvalue weighted by Gasteiger charge is -2.18. The number of nitrogens with one attached hydrogen (secondary N) is 1. The summed E-state index contributed by atoms with van der Waals surface area (Å²) in [4.78, 5) is 28.8. The molecule has 0 fully saturated rings. The van der Waals surface area contributed by atoms with Crippen molar-refractivity contribution in [3.63, 3.8) is 0 Å². The van der Waals surface area contributed by atoms with Crippen molar-refractivity contribution < 1.29 is 14.0 Å². The van der Waals surface area contributed by atoms with Crippen LogP contribution in [-0.4, -0.2) is 39.6 Å². The number of thiophene rings is 1.